The van der Waals surface area contributed by atoms with E-state index in [4.69, 9.17) is 17.0 Å². The van der Waals surface area contributed by atoms with Crippen LogP contribution in [0.1, 0.15) is 17.2 Å². The highest BCUT2D eigenvalue weighted by Gasteiger charge is 2.13. The van der Waals surface area contributed by atoms with Crippen LogP contribution in [-0.2, 0) is 6.42 Å². The van der Waals surface area contributed by atoms with E-state index in [9.17, 15) is 0 Å². The number of hydrogen-bond donors (Lipinski definition) is 2. The van der Waals surface area contributed by atoms with Gasteiger partial charge in [0.1, 0.15) is 5.75 Å². The molecule has 0 unspecified atom stereocenters. The first-order chi connectivity index (χ1) is 12.1. The highest BCUT2D eigenvalue weighted by atomic mass is 32.1. The summed E-state index contributed by atoms with van der Waals surface area (Å²) in [6, 6.07) is 18.9. The first-order valence-electron chi connectivity index (χ1n) is 8.46. The molecule has 0 aliphatic carbocycles. The molecule has 2 N–H and O–H groups in total. The van der Waals surface area contributed by atoms with Crippen molar-refractivity contribution in [1.29, 1.82) is 0 Å². The lowest BCUT2D eigenvalue weighted by Crippen LogP contribution is -2.41. The Bertz CT molecular complexity index is 644. The highest BCUT2D eigenvalue weighted by Crippen LogP contribution is 2.16. The molecule has 2 rings (SSSR count). The molecule has 0 spiro atoms. The number of nitrogens with zero attached hydrogens (tertiary/aromatic N) is 1. The number of methoxy groups -OCH3 is 1. The summed E-state index contributed by atoms with van der Waals surface area (Å²) in [5.41, 5.74) is 2.53. The Hall–Kier alpha value is -2.11. The van der Waals surface area contributed by atoms with Crippen LogP contribution in [0.15, 0.2) is 54.6 Å². The van der Waals surface area contributed by atoms with Crippen molar-refractivity contribution < 1.29 is 4.74 Å². The Labute approximate surface area is 156 Å². The summed E-state index contributed by atoms with van der Waals surface area (Å²) >= 11 is 5.40. The van der Waals surface area contributed by atoms with E-state index in [1.165, 1.54) is 11.1 Å². The molecule has 0 amide bonds. The lowest BCUT2D eigenvalue weighted by molar-refractivity contribution is 0.298. The van der Waals surface area contributed by atoms with Crippen molar-refractivity contribution in [3.8, 4) is 5.75 Å². The fourth-order valence-corrected chi connectivity index (χ4v) is 2.82. The maximum atomic E-state index is 5.40. The third kappa shape index (κ3) is 6.36. The van der Waals surface area contributed by atoms with Crippen LogP contribution in [0.4, 0.5) is 0 Å². The largest absolute Gasteiger partial charge is 0.497 e. The number of benzene rings is 2. The van der Waals surface area contributed by atoms with E-state index in [2.05, 4.69) is 66.0 Å². The molecule has 4 nitrogen and oxygen atoms in total. The van der Waals surface area contributed by atoms with Crippen molar-refractivity contribution in [3.05, 3.63) is 65.7 Å². The molecule has 0 aliphatic heterocycles. The minimum absolute atomic E-state index is 0.280. The van der Waals surface area contributed by atoms with E-state index in [0.29, 0.717) is 5.11 Å². The van der Waals surface area contributed by atoms with Gasteiger partial charge in [-0.1, -0.05) is 42.5 Å². The second kappa shape index (κ2) is 10.0. The molecule has 2 aromatic carbocycles. The van der Waals surface area contributed by atoms with Crippen molar-refractivity contribution >= 4 is 17.3 Å². The normalized spacial score (nSPS) is 11.8. The average molecular weight is 358 g/mol. The van der Waals surface area contributed by atoms with Crippen molar-refractivity contribution in [2.24, 2.45) is 0 Å². The molecule has 134 valence electrons. The maximum Gasteiger partial charge on any atom is 0.166 e. The summed E-state index contributed by atoms with van der Waals surface area (Å²) in [7, 11) is 5.84. The van der Waals surface area contributed by atoms with Gasteiger partial charge in [-0.2, -0.15) is 0 Å². The van der Waals surface area contributed by atoms with E-state index in [1.54, 1.807) is 7.11 Å². The first-order valence-corrected chi connectivity index (χ1v) is 8.87. The zero-order valence-corrected chi connectivity index (χ0v) is 16.0. The predicted molar refractivity (Wildman–Crippen MR) is 108 cm³/mol. The fourth-order valence-electron chi connectivity index (χ4n) is 2.64. The monoisotopic (exact) mass is 357 g/mol. The van der Waals surface area contributed by atoms with Gasteiger partial charge < -0.3 is 20.3 Å². The molecular weight excluding hydrogens is 330 g/mol. The number of ether oxygens (including phenoxy) is 1. The number of nitrogens with one attached hydrogen (secondary N) is 2. The molecule has 0 fully saturated rings. The molecule has 5 heteroatoms. The second-order valence-electron chi connectivity index (χ2n) is 6.12. The Morgan fingerprint density at radius 1 is 1.04 bits per heavy atom. The predicted octanol–water partition coefficient (Wildman–Crippen LogP) is 3.00. The molecule has 0 radical (unpaired) electrons. The zero-order chi connectivity index (χ0) is 18.1. The van der Waals surface area contributed by atoms with Crippen molar-refractivity contribution in [3.63, 3.8) is 0 Å². The summed E-state index contributed by atoms with van der Waals surface area (Å²) in [4.78, 5) is 2.20. The van der Waals surface area contributed by atoms with E-state index in [-0.39, 0.29) is 6.04 Å². The van der Waals surface area contributed by atoms with E-state index >= 15 is 0 Å². The summed E-state index contributed by atoms with van der Waals surface area (Å²) < 4.78 is 5.17. The number of likely N-dealkylation sites (N-methyl/N-ethyl adjacent to an activating group) is 1. The molecule has 0 aliphatic rings. The van der Waals surface area contributed by atoms with Crippen molar-refractivity contribution in [2.75, 3.05) is 34.3 Å². The quantitative estimate of drug-likeness (QED) is 0.711. The molecule has 0 saturated heterocycles. The molecule has 0 aromatic heterocycles. The Morgan fingerprint density at radius 3 is 2.32 bits per heavy atom. The third-order valence-corrected chi connectivity index (χ3v) is 4.41. The van der Waals surface area contributed by atoms with Gasteiger partial charge in [0.25, 0.3) is 0 Å². The van der Waals surface area contributed by atoms with Crippen LogP contribution in [0.2, 0.25) is 0 Å². The summed E-state index contributed by atoms with van der Waals surface area (Å²) in [6.07, 6.45) is 0.918. The van der Waals surface area contributed by atoms with Gasteiger partial charge in [0.15, 0.2) is 5.11 Å². The molecule has 0 saturated carbocycles. The van der Waals surface area contributed by atoms with Gasteiger partial charge in [-0.3, -0.25) is 0 Å². The summed E-state index contributed by atoms with van der Waals surface area (Å²) in [5, 5.41) is 7.29. The van der Waals surface area contributed by atoms with E-state index in [0.717, 1.165) is 25.3 Å². The summed E-state index contributed by atoms with van der Waals surface area (Å²) in [6.45, 7) is 1.57. The zero-order valence-electron chi connectivity index (χ0n) is 15.2. The minimum atomic E-state index is 0.280. The van der Waals surface area contributed by atoms with Gasteiger partial charge in [-0.05, 0) is 56.0 Å². The molecule has 0 heterocycles. The van der Waals surface area contributed by atoms with E-state index in [1.807, 2.05) is 18.2 Å². The van der Waals surface area contributed by atoms with Gasteiger partial charge in [0.2, 0.25) is 0 Å². The van der Waals surface area contributed by atoms with Crippen LogP contribution in [-0.4, -0.2) is 44.3 Å². The number of thiocarbonyl (C=S) groups is 1. The lowest BCUT2D eigenvalue weighted by atomic mass is 10.1. The standard InChI is InChI=1S/C20H27N3OS/c1-23(2)19(17-7-5-4-6-8-17)15-22-20(25)21-14-13-16-9-11-18(24-3)12-10-16/h4-12,19H,13-15H2,1-3H3,(H2,21,22,25)/t19-/m1/s1. The van der Waals surface area contributed by atoms with Gasteiger partial charge in [0.05, 0.1) is 13.2 Å². The second-order valence-corrected chi connectivity index (χ2v) is 6.53. The summed E-state index contributed by atoms with van der Waals surface area (Å²) in [5.74, 6) is 0.879. The van der Waals surface area contributed by atoms with Crippen LogP contribution >= 0.6 is 12.2 Å². The van der Waals surface area contributed by atoms with E-state index < -0.39 is 0 Å². The fraction of sp³-hybridized carbons (Fsp3) is 0.350. The smallest absolute Gasteiger partial charge is 0.166 e. The van der Waals surface area contributed by atoms with Crippen LogP contribution in [0.3, 0.4) is 0 Å². The highest BCUT2D eigenvalue weighted by molar-refractivity contribution is 7.80. The third-order valence-electron chi connectivity index (χ3n) is 4.12. The van der Waals surface area contributed by atoms with Crippen LogP contribution in [0, 0.1) is 0 Å². The van der Waals surface area contributed by atoms with Crippen LogP contribution < -0.4 is 15.4 Å². The molecule has 25 heavy (non-hydrogen) atoms. The topological polar surface area (TPSA) is 36.5 Å². The molecule has 2 aromatic rings. The Kier molecular flexibility index (Phi) is 7.70. The lowest BCUT2D eigenvalue weighted by Gasteiger charge is -2.25. The first kappa shape index (κ1) is 19.2. The molecule has 1 atom stereocenters. The molecular formula is C20H27N3OS. The average Bonchev–Trinajstić information content (AvgIpc) is 2.63. The number of hydrogen-bond acceptors (Lipinski definition) is 3. The van der Waals surface area contributed by atoms with Gasteiger partial charge >= 0.3 is 0 Å². The minimum Gasteiger partial charge on any atom is -0.497 e. The van der Waals surface area contributed by atoms with Gasteiger partial charge in [-0.15, -0.1) is 0 Å². The van der Waals surface area contributed by atoms with Crippen molar-refractivity contribution in [1.82, 2.24) is 15.5 Å². The van der Waals surface area contributed by atoms with Gasteiger partial charge in [-0.25, -0.2) is 0 Å². The Balaban J connectivity index is 1.75. The molecule has 0 bridgehead atoms. The van der Waals surface area contributed by atoms with Gasteiger partial charge in [0, 0.05) is 13.1 Å². The Morgan fingerprint density at radius 2 is 1.72 bits per heavy atom. The SMILES string of the molecule is COc1ccc(CCNC(=S)NC[C@H](c2ccccc2)N(C)C)cc1. The van der Waals surface area contributed by atoms with Crippen LogP contribution in [0.25, 0.3) is 0 Å². The van der Waals surface area contributed by atoms with Crippen LogP contribution in [0.5, 0.6) is 5.75 Å². The maximum absolute atomic E-state index is 5.40. The number of rotatable bonds is 8. The van der Waals surface area contributed by atoms with Crippen molar-refractivity contribution in [2.45, 2.75) is 12.5 Å².